The largest absolute Gasteiger partial charge is 0.351 e. The van der Waals surface area contributed by atoms with Crippen LogP contribution >= 0.6 is 23.8 Å². The monoisotopic (exact) mass is 449 g/mol. The number of aryl methyl sites for hydroxylation is 1. The minimum atomic E-state index is -0.112. The first-order valence-electron chi connectivity index (χ1n) is 9.85. The number of nitrogens with one attached hydrogen (secondary N) is 1. The highest BCUT2D eigenvalue weighted by Crippen LogP contribution is 2.43. The van der Waals surface area contributed by atoms with Gasteiger partial charge in [0, 0.05) is 33.9 Å². The SMILES string of the molecule is Cc1cc([C@H]2[C@@H](c3ccccn3)NC(=S)N2c2ccc(Cl)cc2)c(C)n1-n1cnnc1. The van der Waals surface area contributed by atoms with Gasteiger partial charge < -0.3 is 10.2 Å². The molecule has 0 unspecified atom stereocenters. The van der Waals surface area contributed by atoms with Gasteiger partial charge in [-0.1, -0.05) is 17.7 Å². The molecule has 1 aliphatic heterocycles. The summed E-state index contributed by atoms with van der Waals surface area (Å²) in [7, 11) is 0. The van der Waals surface area contributed by atoms with E-state index in [4.69, 9.17) is 23.8 Å². The third kappa shape index (κ3) is 3.37. The lowest BCUT2D eigenvalue weighted by atomic mass is 9.96. The van der Waals surface area contributed by atoms with Crippen LogP contribution in [0.15, 0.2) is 67.4 Å². The molecule has 1 N–H and O–H groups in total. The zero-order valence-electron chi connectivity index (χ0n) is 17.0. The number of pyridine rings is 1. The van der Waals surface area contributed by atoms with Gasteiger partial charge in [-0.05, 0) is 68.5 Å². The van der Waals surface area contributed by atoms with Crippen LogP contribution in [0.1, 0.15) is 34.7 Å². The zero-order valence-corrected chi connectivity index (χ0v) is 18.5. The third-order valence-electron chi connectivity index (χ3n) is 5.59. The zero-order chi connectivity index (χ0) is 21.5. The van der Waals surface area contributed by atoms with Crippen molar-refractivity contribution in [3.63, 3.8) is 0 Å². The molecule has 3 aromatic heterocycles. The van der Waals surface area contributed by atoms with Gasteiger partial charge in [0.2, 0.25) is 0 Å². The van der Waals surface area contributed by atoms with Gasteiger partial charge in [-0.3, -0.25) is 9.66 Å². The lowest BCUT2D eigenvalue weighted by Gasteiger charge is -2.28. The quantitative estimate of drug-likeness (QED) is 0.470. The first-order valence-corrected chi connectivity index (χ1v) is 10.6. The standard InChI is InChI=1S/C22H20ClN7S/c1-14-11-18(15(2)30(14)28-12-25-26-13-28)21-20(19-5-3-4-10-24-19)27-22(31)29(21)17-8-6-16(23)7-9-17/h3-13,20-21H,1-2H3,(H,27,31)/t20-,21+/m1/s1. The summed E-state index contributed by atoms with van der Waals surface area (Å²) in [6.07, 6.45) is 5.19. The Hall–Kier alpha value is -3.23. The van der Waals surface area contributed by atoms with E-state index in [9.17, 15) is 0 Å². The summed E-state index contributed by atoms with van der Waals surface area (Å²) in [6, 6.07) is 15.7. The van der Waals surface area contributed by atoms with Crippen LogP contribution in [-0.4, -0.2) is 29.6 Å². The van der Waals surface area contributed by atoms with Crippen LogP contribution in [0.25, 0.3) is 0 Å². The summed E-state index contributed by atoms with van der Waals surface area (Å²) in [5.41, 5.74) is 5.19. The molecule has 5 rings (SSSR count). The summed E-state index contributed by atoms with van der Waals surface area (Å²) < 4.78 is 3.96. The molecule has 0 aliphatic carbocycles. The average Bonchev–Trinajstić information content (AvgIpc) is 3.47. The highest BCUT2D eigenvalue weighted by atomic mass is 35.5. The van der Waals surface area contributed by atoms with E-state index < -0.39 is 0 Å². The Balaban J connectivity index is 1.68. The van der Waals surface area contributed by atoms with Crippen molar-refractivity contribution < 1.29 is 0 Å². The van der Waals surface area contributed by atoms with Crippen LogP contribution in [-0.2, 0) is 0 Å². The third-order valence-corrected chi connectivity index (χ3v) is 6.16. The van der Waals surface area contributed by atoms with Gasteiger partial charge in [-0.15, -0.1) is 10.2 Å². The molecule has 1 aliphatic rings. The Morgan fingerprint density at radius 3 is 2.45 bits per heavy atom. The number of anilines is 1. The number of aromatic nitrogens is 5. The molecule has 0 radical (unpaired) electrons. The minimum Gasteiger partial charge on any atom is -0.351 e. The maximum atomic E-state index is 6.14. The van der Waals surface area contributed by atoms with E-state index >= 15 is 0 Å². The number of halogens is 1. The van der Waals surface area contributed by atoms with Crippen molar-refractivity contribution >= 4 is 34.6 Å². The molecule has 1 saturated heterocycles. The maximum absolute atomic E-state index is 6.14. The molecule has 0 amide bonds. The van der Waals surface area contributed by atoms with Crippen LogP contribution < -0.4 is 10.2 Å². The molecule has 31 heavy (non-hydrogen) atoms. The number of hydrogen-bond donors (Lipinski definition) is 1. The first kappa shape index (κ1) is 19.7. The summed E-state index contributed by atoms with van der Waals surface area (Å²) >= 11 is 11.9. The second-order valence-corrected chi connectivity index (χ2v) is 8.28. The lowest BCUT2D eigenvalue weighted by molar-refractivity contribution is 0.557. The number of hydrogen-bond acceptors (Lipinski definition) is 4. The van der Waals surface area contributed by atoms with E-state index in [1.807, 2.05) is 53.3 Å². The fraction of sp³-hybridized carbons (Fsp3) is 0.182. The van der Waals surface area contributed by atoms with Gasteiger partial charge in [-0.2, -0.15) is 0 Å². The minimum absolute atomic E-state index is 0.0972. The Bertz CT molecular complexity index is 1220. The predicted octanol–water partition coefficient (Wildman–Crippen LogP) is 4.23. The number of benzene rings is 1. The second-order valence-electron chi connectivity index (χ2n) is 7.45. The number of nitrogens with zero attached hydrogens (tertiary/aromatic N) is 6. The molecule has 0 bridgehead atoms. The Morgan fingerprint density at radius 1 is 1.03 bits per heavy atom. The normalized spacial score (nSPS) is 18.4. The van der Waals surface area contributed by atoms with E-state index in [2.05, 4.69) is 50.0 Å². The predicted molar refractivity (Wildman–Crippen MR) is 124 cm³/mol. The summed E-state index contributed by atoms with van der Waals surface area (Å²) in [5, 5.41) is 12.7. The molecule has 1 fully saturated rings. The average molecular weight is 450 g/mol. The van der Waals surface area contributed by atoms with E-state index in [-0.39, 0.29) is 12.1 Å². The van der Waals surface area contributed by atoms with Crippen molar-refractivity contribution in [2.45, 2.75) is 25.9 Å². The van der Waals surface area contributed by atoms with E-state index in [1.165, 1.54) is 0 Å². The smallest absolute Gasteiger partial charge is 0.174 e. The Morgan fingerprint density at radius 2 is 1.77 bits per heavy atom. The second kappa shape index (κ2) is 7.79. The first-order chi connectivity index (χ1) is 15.0. The van der Waals surface area contributed by atoms with Crippen molar-refractivity contribution in [1.29, 1.82) is 0 Å². The highest BCUT2D eigenvalue weighted by Gasteiger charge is 2.42. The van der Waals surface area contributed by atoms with Gasteiger partial charge in [0.05, 0.1) is 17.8 Å². The molecule has 9 heteroatoms. The molecule has 0 spiro atoms. The molecule has 156 valence electrons. The Labute approximate surface area is 190 Å². The van der Waals surface area contributed by atoms with Crippen molar-refractivity contribution in [1.82, 2.24) is 29.9 Å². The highest BCUT2D eigenvalue weighted by molar-refractivity contribution is 7.80. The van der Waals surface area contributed by atoms with Gasteiger partial charge in [0.15, 0.2) is 5.11 Å². The van der Waals surface area contributed by atoms with E-state index in [1.54, 1.807) is 12.7 Å². The van der Waals surface area contributed by atoms with E-state index in [0.29, 0.717) is 10.1 Å². The number of rotatable bonds is 4. The van der Waals surface area contributed by atoms with Crippen molar-refractivity contribution in [3.8, 4) is 0 Å². The molecule has 4 aromatic rings. The number of thiocarbonyl (C=S) groups is 1. The summed E-state index contributed by atoms with van der Waals surface area (Å²) in [6.45, 7) is 4.17. The lowest BCUT2D eigenvalue weighted by Crippen LogP contribution is -2.29. The van der Waals surface area contributed by atoms with Crippen molar-refractivity contribution in [2.75, 3.05) is 4.90 Å². The Kier molecular flexibility index (Phi) is 4.95. The van der Waals surface area contributed by atoms with Crippen LogP contribution in [0.5, 0.6) is 0 Å². The van der Waals surface area contributed by atoms with Crippen molar-refractivity contribution in [3.05, 3.63) is 95.1 Å². The van der Waals surface area contributed by atoms with Crippen molar-refractivity contribution in [2.24, 2.45) is 0 Å². The van der Waals surface area contributed by atoms with E-state index in [0.717, 1.165) is 28.3 Å². The van der Waals surface area contributed by atoms with Crippen LogP contribution in [0, 0.1) is 13.8 Å². The van der Waals surface area contributed by atoms with Gasteiger partial charge in [-0.25, -0.2) is 4.68 Å². The van der Waals surface area contributed by atoms with Crippen LogP contribution in [0.4, 0.5) is 5.69 Å². The maximum Gasteiger partial charge on any atom is 0.174 e. The summed E-state index contributed by atoms with van der Waals surface area (Å²) in [5.74, 6) is 0. The molecule has 4 heterocycles. The van der Waals surface area contributed by atoms with Crippen LogP contribution in [0.3, 0.4) is 0 Å². The molecular formula is C22H20ClN7S. The molecule has 0 saturated carbocycles. The summed E-state index contributed by atoms with van der Waals surface area (Å²) in [4.78, 5) is 6.76. The molecular weight excluding hydrogens is 430 g/mol. The molecule has 7 nitrogen and oxygen atoms in total. The molecule has 1 aromatic carbocycles. The fourth-order valence-corrected chi connectivity index (χ4v) is 4.75. The fourth-order valence-electron chi connectivity index (χ4n) is 4.28. The van der Waals surface area contributed by atoms with Gasteiger partial charge >= 0.3 is 0 Å². The van der Waals surface area contributed by atoms with Crippen LogP contribution in [0.2, 0.25) is 5.02 Å². The molecule has 2 atom stereocenters. The van der Waals surface area contributed by atoms with Gasteiger partial charge in [0.25, 0.3) is 0 Å². The topological polar surface area (TPSA) is 63.8 Å². The van der Waals surface area contributed by atoms with Gasteiger partial charge in [0.1, 0.15) is 12.7 Å².